The highest BCUT2D eigenvalue weighted by Gasteiger charge is 2.33. The van der Waals surface area contributed by atoms with Gasteiger partial charge in [0.05, 0.1) is 16.9 Å². The highest BCUT2D eigenvalue weighted by Crippen LogP contribution is 2.30. The molecule has 8 heteroatoms. The SMILES string of the molecule is Cc1nc(C2CCCN2C(=O)NCc2ccc(Cl)s2)no1. The number of amides is 2. The average Bonchev–Trinajstić information content (AvgIpc) is 3.16. The Morgan fingerprint density at radius 3 is 3.14 bits per heavy atom. The summed E-state index contributed by atoms with van der Waals surface area (Å²) < 4.78 is 5.73. The lowest BCUT2D eigenvalue weighted by atomic mass is 10.2. The second kappa shape index (κ2) is 6.03. The van der Waals surface area contributed by atoms with Crippen LogP contribution in [-0.2, 0) is 6.54 Å². The first-order chi connectivity index (χ1) is 10.1. The van der Waals surface area contributed by atoms with Crippen molar-refractivity contribution in [3.05, 3.63) is 33.1 Å². The van der Waals surface area contributed by atoms with Gasteiger partial charge in [0.25, 0.3) is 0 Å². The number of hydrogen-bond acceptors (Lipinski definition) is 5. The van der Waals surface area contributed by atoms with Crippen LogP contribution < -0.4 is 5.32 Å². The maximum absolute atomic E-state index is 12.3. The van der Waals surface area contributed by atoms with E-state index in [4.69, 9.17) is 16.1 Å². The van der Waals surface area contributed by atoms with Gasteiger partial charge >= 0.3 is 6.03 Å². The van der Waals surface area contributed by atoms with Crippen molar-refractivity contribution in [3.8, 4) is 0 Å². The highest BCUT2D eigenvalue weighted by molar-refractivity contribution is 7.16. The number of aryl methyl sites for hydroxylation is 1. The van der Waals surface area contributed by atoms with E-state index in [0.717, 1.165) is 22.1 Å². The van der Waals surface area contributed by atoms with Gasteiger partial charge < -0.3 is 14.7 Å². The number of urea groups is 1. The van der Waals surface area contributed by atoms with E-state index in [0.29, 0.717) is 24.8 Å². The Morgan fingerprint density at radius 1 is 1.62 bits per heavy atom. The molecule has 3 rings (SSSR count). The van der Waals surface area contributed by atoms with Crippen molar-refractivity contribution in [3.63, 3.8) is 0 Å². The summed E-state index contributed by atoms with van der Waals surface area (Å²) in [4.78, 5) is 19.3. The highest BCUT2D eigenvalue weighted by atomic mass is 35.5. The van der Waals surface area contributed by atoms with E-state index in [-0.39, 0.29) is 12.1 Å². The van der Waals surface area contributed by atoms with E-state index in [1.165, 1.54) is 11.3 Å². The zero-order valence-electron chi connectivity index (χ0n) is 11.5. The Hall–Kier alpha value is -1.60. The number of hydrogen-bond donors (Lipinski definition) is 1. The quantitative estimate of drug-likeness (QED) is 0.940. The molecule has 1 N–H and O–H groups in total. The van der Waals surface area contributed by atoms with Gasteiger partial charge in [-0.25, -0.2) is 4.79 Å². The van der Waals surface area contributed by atoms with E-state index in [1.54, 1.807) is 11.8 Å². The van der Waals surface area contributed by atoms with Gasteiger partial charge in [0, 0.05) is 18.3 Å². The molecule has 1 unspecified atom stereocenters. The minimum Gasteiger partial charge on any atom is -0.340 e. The lowest BCUT2D eigenvalue weighted by Crippen LogP contribution is -2.39. The molecule has 1 aliphatic heterocycles. The van der Waals surface area contributed by atoms with Crippen LogP contribution in [0, 0.1) is 6.92 Å². The number of carbonyl (C=O) groups excluding carboxylic acids is 1. The Bertz CT molecular complexity index is 642. The molecular weight excluding hydrogens is 312 g/mol. The summed E-state index contributed by atoms with van der Waals surface area (Å²) in [6, 6.07) is 3.53. The zero-order valence-corrected chi connectivity index (χ0v) is 13.1. The van der Waals surface area contributed by atoms with Gasteiger partial charge in [-0.1, -0.05) is 16.8 Å². The van der Waals surface area contributed by atoms with Crippen molar-refractivity contribution < 1.29 is 9.32 Å². The maximum atomic E-state index is 12.3. The second-order valence-electron chi connectivity index (χ2n) is 4.89. The van der Waals surface area contributed by atoms with Crippen LogP contribution in [0.5, 0.6) is 0 Å². The molecule has 1 saturated heterocycles. The Morgan fingerprint density at radius 2 is 2.48 bits per heavy atom. The van der Waals surface area contributed by atoms with E-state index in [1.807, 2.05) is 12.1 Å². The molecule has 6 nitrogen and oxygen atoms in total. The van der Waals surface area contributed by atoms with Gasteiger partial charge in [-0.15, -0.1) is 11.3 Å². The standard InChI is InChI=1S/C13H15ClN4O2S/c1-8-16-12(17-20-8)10-3-2-6-18(10)13(19)15-7-9-4-5-11(14)21-9/h4-5,10H,2-3,6-7H2,1H3,(H,15,19). The largest absolute Gasteiger partial charge is 0.340 e. The maximum Gasteiger partial charge on any atom is 0.318 e. The molecule has 2 aromatic rings. The predicted molar refractivity (Wildman–Crippen MR) is 79.3 cm³/mol. The molecule has 1 atom stereocenters. The molecule has 2 amide bonds. The fourth-order valence-electron chi connectivity index (χ4n) is 2.44. The third kappa shape index (κ3) is 3.19. The van der Waals surface area contributed by atoms with Crippen LogP contribution in [-0.4, -0.2) is 27.6 Å². The number of nitrogens with one attached hydrogen (secondary N) is 1. The second-order valence-corrected chi connectivity index (χ2v) is 6.69. The van der Waals surface area contributed by atoms with Gasteiger partial charge in [-0.05, 0) is 25.0 Å². The van der Waals surface area contributed by atoms with Crippen molar-refractivity contribution in [2.24, 2.45) is 0 Å². The number of halogens is 1. The van der Waals surface area contributed by atoms with Crippen LogP contribution >= 0.6 is 22.9 Å². The van der Waals surface area contributed by atoms with Crippen molar-refractivity contribution >= 4 is 29.0 Å². The Kier molecular flexibility index (Phi) is 4.12. The molecule has 0 aliphatic carbocycles. The lowest BCUT2D eigenvalue weighted by Gasteiger charge is -2.22. The van der Waals surface area contributed by atoms with Crippen molar-refractivity contribution in [1.29, 1.82) is 0 Å². The van der Waals surface area contributed by atoms with Crippen molar-refractivity contribution in [2.75, 3.05) is 6.54 Å². The van der Waals surface area contributed by atoms with Gasteiger partial charge in [-0.3, -0.25) is 0 Å². The van der Waals surface area contributed by atoms with Crippen LogP contribution in [0.15, 0.2) is 16.7 Å². The minimum atomic E-state index is -0.107. The van der Waals surface area contributed by atoms with Crippen LogP contribution in [0.2, 0.25) is 4.34 Å². The van der Waals surface area contributed by atoms with E-state index >= 15 is 0 Å². The van der Waals surface area contributed by atoms with E-state index in [2.05, 4.69) is 15.5 Å². The topological polar surface area (TPSA) is 71.3 Å². The molecule has 0 radical (unpaired) electrons. The van der Waals surface area contributed by atoms with Gasteiger partial charge in [0.15, 0.2) is 5.82 Å². The van der Waals surface area contributed by atoms with Gasteiger partial charge in [0.2, 0.25) is 5.89 Å². The average molecular weight is 327 g/mol. The van der Waals surface area contributed by atoms with Crippen LogP contribution in [0.3, 0.4) is 0 Å². The number of rotatable bonds is 3. The summed E-state index contributed by atoms with van der Waals surface area (Å²) in [5.41, 5.74) is 0. The summed E-state index contributed by atoms with van der Waals surface area (Å²) >= 11 is 7.34. The first-order valence-electron chi connectivity index (χ1n) is 6.72. The fourth-order valence-corrected chi connectivity index (χ4v) is 3.47. The van der Waals surface area contributed by atoms with Crippen LogP contribution in [0.4, 0.5) is 4.79 Å². The van der Waals surface area contributed by atoms with Crippen LogP contribution in [0.25, 0.3) is 0 Å². The molecule has 1 fully saturated rings. The van der Waals surface area contributed by atoms with E-state index < -0.39 is 0 Å². The number of thiophene rings is 1. The number of nitrogens with zero attached hydrogens (tertiary/aromatic N) is 3. The third-order valence-corrected chi connectivity index (χ3v) is 4.63. The predicted octanol–water partition coefficient (Wildman–Crippen LogP) is 3.14. The smallest absolute Gasteiger partial charge is 0.318 e. The van der Waals surface area contributed by atoms with Crippen LogP contribution in [0.1, 0.15) is 35.5 Å². The number of carbonyl (C=O) groups is 1. The molecule has 112 valence electrons. The molecule has 21 heavy (non-hydrogen) atoms. The summed E-state index contributed by atoms with van der Waals surface area (Å²) in [6.45, 7) is 2.93. The summed E-state index contributed by atoms with van der Waals surface area (Å²) in [5, 5.41) is 6.84. The lowest BCUT2D eigenvalue weighted by molar-refractivity contribution is 0.189. The Labute approximate surface area is 131 Å². The summed E-state index contributed by atoms with van der Waals surface area (Å²) in [5.74, 6) is 1.10. The fraction of sp³-hybridized carbons (Fsp3) is 0.462. The van der Waals surface area contributed by atoms with Gasteiger partial charge in [0.1, 0.15) is 0 Å². The molecule has 1 aliphatic rings. The molecule has 0 spiro atoms. The van der Waals surface area contributed by atoms with Gasteiger partial charge in [-0.2, -0.15) is 4.98 Å². The molecule has 2 aromatic heterocycles. The summed E-state index contributed by atoms with van der Waals surface area (Å²) in [7, 11) is 0. The normalized spacial score (nSPS) is 18.2. The first kappa shape index (κ1) is 14.3. The molecule has 0 aromatic carbocycles. The molecule has 0 bridgehead atoms. The van der Waals surface area contributed by atoms with Crippen molar-refractivity contribution in [2.45, 2.75) is 32.4 Å². The Balaban J connectivity index is 1.63. The third-order valence-electron chi connectivity index (χ3n) is 3.40. The minimum absolute atomic E-state index is 0.102. The monoisotopic (exact) mass is 326 g/mol. The van der Waals surface area contributed by atoms with E-state index in [9.17, 15) is 4.79 Å². The first-order valence-corrected chi connectivity index (χ1v) is 7.92. The number of likely N-dealkylation sites (tertiary alicyclic amines) is 1. The van der Waals surface area contributed by atoms with Crippen molar-refractivity contribution in [1.82, 2.24) is 20.4 Å². The number of aromatic nitrogens is 2. The zero-order chi connectivity index (χ0) is 14.8. The molecule has 0 saturated carbocycles. The molecule has 3 heterocycles. The molecular formula is C13H15ClN4O2S. The summed E-state index contributed by atoms with van der Waals surface area (Å²) in [6.07, 6.45) is 1.80.